The molecule has 21 heavy (non-hydrogen) atoms. The van der Waals surface area contributed by atoms with E-state index in [1.54, 1.807) is 18.2 Å². The second-order valence-corrected chi connectivity index (χ2v) is 4.73. The Morgan fingerprint density at radius 1 is 1.24 bits per heavy atom. The molecule has 0 aliphatic rings. The van der Waals surface area contributed by atoms with Gasteiger partial charge in [0.2, 0.25) is 5.91 Å². The maximum absolute atomic E-state index is 11.9. The molecule has 0 radical (unpaired) electrons. The minimum absolute atomic E-state index is 0.0962. The molecule has 0 spiro atoms. The van der Waals surface area contributed by atoms with Crippen LogP contribution in [0, 0.1) is 6.92 Å². The van der Waals surface area contributed by atoms with Crippen LogP contribution in [-0.4, -0.2) is 28.6 Å². The highest BCUT2D eigenvalue weighted by molar-refractivity contribution is 5.99. The highest BCUT2D eigenvalue weighted by atomic mass is 16.2. The molecule has 0 saturated carbocycles. The molecule has 0 fully saturated rings. The lowest BCUT2D eigenvalue weighted by Gasteiger charge is -2.05. The Kier molecular flexibility index (Phi) is 4.71. The predicted molar refractivity (Wildman–Crippen MR) is 80.1 cm³/mol. The lowest BCUT2D eigenvalue weighted by molar-refractivity contribution is -0.115. The number of carbonyl (C=O) groups is 2. The van der Waals surface area contributed by atoms with Crippen molar-refractivity contribution in [1.29, 1.82) is 0 Å². The number of aryl methyl sites for hydroxylation is 2. The zero-order valence-corrected chi connectivity index (χ0v) is 12.1. The number of aromatic amines is 1. The van der Waals surface area contributed by atoms with Gasteiger partial charge in [-0.25, -0.2) is 0 Å². The van der Waals surface area contributed by atoms with E-state index in [1.165, 1.54) is 0 Å². The number of aromatic nitrogens is 2. The summed E-state index contributed by atoms with van der Waals surface area (Å²) < 4.78 is 0. The van der Waals surface area contributed by atoms with Crippen molar-refractivity contribution in [2.75, 3.05) is 11.9 Å². The molecule has 1 aromatic carbocycles. The van der Waals surface area contributed by atoms with E-state index in [4.69, 9.17) is 0 Å². The second kappa shape index (κ2) is 6.69. The minimum atomic E-state index is -0.315. The number of nitrogens with one attached hydrogen (secondary N) is 3. The first-order valence-corrected chi connectivity index (χ1v) is 6.77. The lowest BCUT2D eigenvalue weighted by Crippen LogP contribution is -2.32. The van der Waals surface area contributed by atoms with Gasteiger partial charge in [-0.1, -0.05) is 24.6 Å². The average Bonchev–Trinajstić information content (AvgIpc) is 2.93. The first-order valence-electron chi connectivity index (χ1n) is 6.77. The molecule has 0 atom stereocenters. The van der Waals surface area contributed by atoms with E-state index < -0.39 is 0 Å². The van der Waals surface area contributed by atoms with E-state index in [0.717, 1.165) is 17.7 Å². The van der Waals surface area contributed by atoms with E-state index in [1.807, 2.05) is 26.0 Å². The minimum Gasteiger partial charge on any atom is -0.343 e. The fourth-order valence-corrected chi connectivity index (χ4v) is 1.76. The van der Waals surface area contributed by atoms with E-state index >= 15 is 0 Å². The van der Waals surface area contributed by atoms with Crippen molar-refractivity contribution >= 4 is 17.6 Å². The Bertz CT molecular complexity index is 631. The van der Waals surface area contributed by atoms with Crippen LogP contribution in [0.25, 0.3) is 0 Å². The number of hydrogen-bond acceptors (Lipinski definition) is 3. The van der Waals surface area contributed by atoms with Crippen LogP contribution >= 0.6 is 0 Å². The summed E-state index contributed by atoms with van der Waals surface area (Å²) in [6, 6.07) is 8.92. The van der Waals surface area contributed by atoms with Gasteiger partial charge in [-0.3, -0.25) is 14.7 Å². The summed E-state index contributed by atoms with van der Waals surface area (Å²) in [5.41, 5.74) is 2.55. The third kappa shape index (κ3) is 4.17. The van der Waals surface area contributed by atoms with E-state index in [9.17, 15) is 9.59 Å². The summed E-state index contributed by atoms with van der Waals surface area (Å²) in [6.45, 7) is 3.84. The first kappa shape index (κ1) is 14.8. The molecule has 6 heteroatoms. The molecular weight excluding hydrogens is 268 g/mol. The third-order valence-electron chi connectivity index (χ3n) is 3.00. The number of benzene rings is 1. The van der Waals surface area contributed by atoms with Crippen LogP contribution in [-0.2, 0) is 11.2 Å². The Labute approximate surface area is 122 Å². The van der Waals surface area contributed by atoms with Gasteiger partial charge in [0, 0.05) is 17.3 Å². The summed E-state index contributed by atoms with van der Waals surface area (Å²) in [6.07, 6.45) is 0.813. The summed E-state index contributed by atoms with van der Waals surface area (Å²) in [5.74, 6) is -0.132. The molecule has 3 N–H and O–H groups in total. The highest BCUT2D eigenvalue weighted by Gasteiger charge is 2.09. The van der Waals surface area contributed by atoms with Gasteiger partial charge in [-0.15, -0.1) is 0 Å². The van der Waals surface area contributed by atoms with Gasteiger partial charge in [0.25, 0.3) is 5.91 Å². The summed E-state index contributed by atoms with van der Waals surface area (Å²) in [4.78, 5) is 23.6. The smallest absolute Gasteiger partial charge is 0.251 e. The zero-order valence-electron chi connectivity index (χ0n) is 12.1. The summed E-state index contributed by atoms with van der Waals surface area (Å²) >= 11 is 0. The number of anilines is 1. The molecule has 0 aliphatic heterocycles. The van der Waals surface area contributed by atoms with Crippen molar-refractivity contribution < 1.29 is 9.59 Å². The quantitative estimate of drug-likeness (QED) is 0.781. The number of nitrogens with zero attached hydrogens (tertiary/aromatic N) is 1. The molecule has 6 nitrogen and oxygen atoms in total. The Balaban J connectivity index is 1.83. The molecule has 2 amide bonds. The molecule has 2 aromatic rings. The van der Waals surface area contributed by atoms with E-state index in [0.29, 0.717) is 11.4 Å². The number of carbonyl (C=O) groups excluding carboxylic acids is 2. The average molecular weight is 286 g/mol. The number of rotatable bonds is 5. The number of amides is 2. The number of H-pyrrole nitrogens is 1. The SMILES string of the molecule is CCc1cc(NC(=O)CNC(=O)c2ccc(C)cc2)n[nH]1. The van der Waals surface area contributed by atoms with Crippen LogP contribution in [0.1, 0.15) is 28.5 Å². The molecule has 0 unspecified atom stereocenters. The van der Waals surface area contributed by atoms with Crippen molar-refractivity contribution in [3.05, 3.63) is 47.2 Å². The monoisotopic (exact) mass is 286 g/mol. The number of hydrogen-bond donors (Lipinski definition) is 3. The normalized spacial score (nSPS) is 10.2. The van der Waals surface area contributed by atoms with Crippen molar-refractivity contribution in [2.45, 2.75) is 20.3 Å². The lowest BCUT2D eigenvalue weighted by atomic mass is 10.1. The van der Waals surface area contributed by atoms with Crippen LogP contribution in [0.5, 0.6) is 0 Å². The van der Waals surface area contributed by atoms with Gasteiger partial charge < -0.3 is 10.6 Å². The first-order chi connectivity index (χ1) is 10.1. The zero-order chi connectivity index (χ0) is 15.2. The molecule has 2 rings (SSSR count). The van der Waals surface area contributed by atoms with Gasteiger partial charge in [-0.05, 0) is 25.5 Å². The van der Waals surface area contributed by atoms with E-state index in [-0.39, 0.29) is 18.4 Å². The van der Waals surface area contributed by atoms with Gasteiger partial charge in [0.05, 0.1) is 6.54 Å². The summed E-state index contributed by atoms with van der Waals surface area (Å²) in [5, 5.41) is 11.9. The van der Waals surface area contributed by atoms with Crippen LogP contribution in [0.4, 0.5) is 5.82 Å². The Hall–Kier alpha value is -2.63. The fraction of sp³-hybridized carbons (Fsp3) is 0.267. The fourth-order valence-electron chi connectivity index (χ4n) is 1.76. The van der Waals surface area contributed by atoms with Crippen LogP contribution in [0.2, 0.25) is 0 Å². The largest absolute Gasteiger partial charge is 0.343 e. The van der Waals surface area contributed by atoms with Gasteiger partial charge in [-0.2, -0.15) is 5.10 Å². The molecule has 0 bridgehead atoms. The van der Waals surface area contributed by atoms with Crippen molar-refractivity contribution in [2.24, 2.45) is 0 Å². The predicted octanol–water partition coefficient (Wildman–Crippen LogP) is 1.65. The maximum Gasteiger partial charge on any atom is 0.251 e. The molecule has 1 heterocycles. The van der Waals surface area contributed by atoms with Crippen LogP contribution in [0.3, 0.4) is 0 Å². The molecule has 110 valence electrons. The van der Waals surface area contributed by atoms with Crippen molar-refractivity contribution in [3.8, 4) is 0 Å². The highest BCUT2D eigenvalue weighted by Crippen LogP contribution is 2.05. The molecule has 0 saturated heterocycles. The van der Waals surface area contributed by atoms with Crippen LogP contribution < -0.4 is 10.6 Å². The third-order valence-corrected chi connectivity index (χ3v) is 3.00. The van der Waals surface area contributed by atoms with Gasteiger partial charge >= 0.3 is 0 Å². The maximum atomic E-state index is 11.9. The van der Waals surface area contributed by atoms with Gasteiger partial charge in [0.15, 0.2) is 5.82 Å². The Morgan fingerprint density at radius 3 is 2.57 bits per heavy atom. The molecule has 0 aliphatic carbocycles. The van der Waals surface area contributed by atoms with Crippen LogP contribution in [0.15, 0.2) is 30.3 Å². The molecule has 1 aromatic heterocycles. The molecular formula is C15H18N4O2. The van der Waals surface area contributed by atoms with Crippen molar-refractivity contribution in [1.82, 2.24) is 15.5 Å². The topological polar surface area (TPSA) is 86.9 Å². The Morgan fingerprint density at radius 2 is 1.95 bits per heavy atom. The summed E-state index contributed by atoms with van der Waals surface area (Å²) in [7, 11) is 0. The standard InChI is InChI=1S/C15H18N4O2/c1-3-12-8-13(19-18-12)17-14(20)9-16-15(21)11-6-4-10(2)5-7-11/h4-8H,3,9H2,1-2H3,(H,16,21)(H2,17,18,19,20). The second-order valence-electron chi connectivity index (χ2n) is 4.73. The van der Waals surface area contributed by atoms with Gasteiger partial charge in [0.1, 0.15) is 0 Å². The van der Waals surface area contributed by atoms with Crippen molar-refractivity contribution in [3.63, 3.8) is 0 Å². The van der Waals surface area contributed by atoms with E-state index in [2.05, 4.69) is 20.8 Å².